The summed E-state index contributed by atoms with van der Waals surface area (Å²) in [7, 11) is 0. The largest absolute Gasteiger partial charge is 0.237 e. The first-order valence-corrected chi connectivity index (χ1v) is 7.25. The summed E-state index contributed by atoms with van der Waals surface area (Å²) in [5.74, 6) is 0.435. The predicted octanol–water partition coefficient (Wildman–Crippen LogP) is 4.01. The van der Waals surface area contributed by atoms with Gasteiger partial charge in [0.1, 0.15) is 5.83 Å². The van der Waals surface area contributed by atoms with Crippen molar-refractivity contribution in [1.82, 2.24) is 14.6 Å². The number of aryl methyl sites for hydroxylation is 1. The van der Waals surface area contributed by atoms with E-state index in [1.54, 1.807) is 16.8 Å². The van der Waals surface area contributed by atoms with Crippen molar-refractivity contribution < 1.29 is 4.39 Å². The lowest BCUT2D eigenvalue weighted by atomic mass is 9.98. The van der Waals surface area contributed by atoms with E-state index in [9.17, 15) is 4.39 Å². The van der Waals surface area contributed by atoms with Crippen LogP contribution in [0.1, 0.15) is 31.2 Å². The zero-order valence-corrected chi connectivity index (χ0v) is 12.1. The molecule has 2 aromatic heterocycles. The van der Waals surface area contributed by atoms with Crippen LogP contribution in [-0.2, 0) is 0 Å². The summed E-state index contributed by atoms with van der Waals surface area (Å²) >= 11 is 0. The summed E-state index contributed by atoms with van der Waals surface area (Å²) in [5.41, 5.74) is 5.51. The van der Waals surface area contributed by atoms with Crippen LogP contribution in [0.25, 0.3) is 11.2 Å². The molecule has 1 atom stereocenters. The number of aromatic nitrogens is 3. The molecular formula is C17H16FN3. The normalized spacial score (nSPS) is 25.0. The standard InChI is InChI=1S/C17H16FN3/c1-10-7-14(10)12-3-4-13(15(18)8-12)16-9-17-19-6-5-11(2)21(17)20-16/h4-6,8-10H,3,7H2,1-2H3/b14-12+/t10-/m0/s1. The first-order valence-electron chi connectivity index (χ1n) is 7.25. The first kappa shape index (κ1) is 12.5. The van der Waals surface area contributed by atoms with E-state index in [1.807, 2.05) is 25.1 Å². The van der Waals surface area contributed by atoms with Gasteiger partial charge >= 0.3 is 0 Å². The summed E-state index contributed by atoms with van der Waals surface area (Å²) < 4.78 is 16.2. The van der Waals surface area contributed by atoms with Crippen LogP contribution in [0, 0.1) is 12.8 Å². The lowest BCUT2D eigenvalue weighted by Gasteiger charge is -2.10. The van der Waals surface area contributed by atoms with Crippen molar-refractivity contribution in [2.24, 2.45) is 5.92 Å². The Bertz CT molecular complexity index is 839. The summed E-state index contributed by atoms with van der Waals surface area (Å²) in [6.07, 6.45) is 7.27. The van der Waals surface area contributed by atoms with Crippen LogP contribution in [0.5, 0.6) is 0 Å². The molecule has 0 N–H and O–H groups in total. The van der Waals surface area contributed by atoms with E-state index >= 15 is 0 Å². The van der Waals surface area contributed by atoms with Gasteiger partial charge in [-0.15, -0.1) is 0 Å². The zero-order chi connectivity index (χ0) is 14.6. The summed E-state index contributed by atoms with van der Waals surface area (Å²) in [4.78, 5) is 4.27. The molecule has 0 aromatic carbocycles. The molecule has 4 heteroatoms. The fourth-order valence-electron chi connectivity index (χ4n) is 2.91. The van der Waals surface area contributed by atoms with E-state index in [0.717, 1.165) is 29.8 Å². The Kier molecular flexibility index (Phi) is 2.61. The number of allylic oxidation sites excluding steroid dienone is 6. The molecule has 2 aliphatic carbocycles. The van der Waals surface area contributed by atoms with E-state index in [0.29, 0.717) is 17.2 Å². The van der Waals surface area contributed by atoms with Crippen LogP contribution in [0.2, 0.25) is 0 Å². The SMILES string of the molecule is Cc1ccnc2cc(C3=CC/C(=C4/C[C@@H]4C)C=C3F)nn12. The lowest BCUT2D eigenvalue weighted by molar-refractivity contribution is 0.667. The second kappa shape index (κ2) is 4.38. The number of hydrogen-bond donors (Lipinski definition) is 0. The Morgan fingerprint density at radius 2 is 2.19 bits per heavy atom. The molecule has 2 aromatic rings. The van der Waals surface area contributed by atoms with Crippen LogP contribution in [0.3, 0.4) is 0 Å². The molecule has 0 bridgehead atoms. The lowest BCUT2D eigenvalue weighted by Crippen LogP contribution is -1.97. The second-order valence-corrected chi connectivity index (χ2v) is 5.86. The first-order chi connectivity index (χ1) is 10.1. The third kappa shape index (κ3) is 2.02. The van der Waals surface area contributed by atoms with Gasteiger partial charge < -0.3 is 0 Å². The predicted molar refractivity (Wildman–Crippen MR) is 80.3 cm³/mol. The molecule has 0 spiro atoms. The highest BCUT2D eigenvalue weighted by molar-refractivity contribution is 5.79. The molecule has 3 nitrogen and oxygen atoms in total. The quantitative estimate of drug-likeness (QED) is 0.790. The summed E-state index contributed by atoms with van der Waals surface area (Å²) in [6.45, 7) is 4.15. The van der Waals surface area contributed by atoms with Gasteiger partial charge in [-0.25, -0.2) is 13.9 Å². The van der Waals surface area contributed by atoms with Crippen molar-refractivity contribution in [1.29, 1.82) is 0 Å². The number of halogens is 1. The Morgan fingerprint density at radius 1 is 1.38 bits per heavy atom. The molecule has 0 aliphatic heterocycles. The minimum absolute atomic E-state index is 0.191. The molecule has 1 saturated carbocycles. The van der Waals surface area contributed by atoms with Crippen molar-refractivity contribution in [3.8, 4) is 0 Å². The fourth-order valence-corrected chi connectivity index (χ4v) is 2.91. The number of rotatable bonds is 1. The number of fused-ring (bicyclic) bond motifs is 1. The second-order valence-electron chi connectivity index (χ2n) is 5.86. The van der Waals surface area contributed by atoms with E-state index in [1.165, 1.54) is 5.57 Å². The molecule has 0 radical (unpaired) electrons. The molecule has 0 amide bonds. The van der Waals surface area contributed by atoms with Crippen molar-refractivity contribution >= 4 is 11.2 Å². The minimum Gasteiger partial charge on any atom is -0.237 e. The van der Waals surface area contributed by atoms with Crippen LogP contribution in [0.4, 0.5) is 4.39 Å². The van der Waals surface area contributed by atoms with Crippen LogP contribution < -0.4 is 0 Å². The van der Waals surface area contributed by atoms with Gasteiger partial charge in [0.25, 0.3) is 0 Å². The fraction of sp³-hybridized carbons (Fsp3) is 0.294. The Morgan fingerprint density at radius 3 is 2.86 bits per heavy atom. The summed E-state index contributed by atoms with van der Waals surface area (Å²) in [5, 5.41) is 4.48. The molecule has 2 heterocycles. The topological polar surface area (TPSA) is 30.2 Å². The van der Waals surface area contributed by atoms with Gasteiger partial charge in [0, 0.05) is 23.5 Å². The van der Waals surface area contributed by atoms with Gasteiger partial charge in [-0.3, -0.25) is 0 Å². The maximum atomic E-state index is 14.4. The highest BCUT2D eigenvalue weighted by Crippen LogP contribution is 2.43. The highest BCUT2D eigenvalue weighted by atomic mass is 19.1. The van der Waals surface area contributed by atoms with Gasteiger partial charge in [-0.1, -0.05) is 18.6 Å². The van der Waals surface area contributed by atoms with Crippen LogP contribution >= 0.6 is 0 Å². The number of hydrogen-bond acceptors (Lipinski definition) is 2. The Hall–Kier alpha value is -2.23. The monoisotopic (exact) mass is 281 g/mol. The van der Waals surface area contributed by atoms with Gasteiger partial charge in [0.2, 0.25) is 0 Å². The van der Waals surface area contributed by atoms with Gasteiger partial charge in [0.15, 0.2) is 5.65 Å². The molecule has 21 heavy (non-hydrogen) atoms. The Balaban J connectivity index is 1.75. The summed E-state index contributed by atoms with van der Waals surface area (Å²) in [6, 6.07) is 3.73. The molecule has 106 valence electrons. The molecule has 0 saturated heterocycles. The van der Waals surface area contributed by atoms with Crippen molar-refractivity contribution in [2.45, 2.75) is 26.7 Å². The average Bonchev–Trinajstić information content (AvgIpc) is 3.02. The molecular weight excluding hydrogens is 265 g/mol. The number of nitrogens with zero attached hydrogens (tertiary/aromatic N) is 3. The van der Waals surface area contributed by atoms with Crippen molar-refractivity contribution in [2.75, 3.05) is 0 Å². The molecule has 4 rings (SSSR count). The third-order valence-electron chi connectivity index (χ3n) is 4.28. The van der Waals surface area contributed by atoms with E-state index in [-0.39, 0.29) is 5.83 Å². The van der Waals surface area contributed by atoms with Crippen LogP contribution in [-0.4, -0.2) is 14.6 Å². The molecule has 0 unspecified atom stereocenters. The van der Waals surface area contributed by atoms with E-state index in [2.05, 4.69) is 17.0 Å². The van der Waals surface area contributed by atoms with Crippen molar-refractivity contribution in [3.63, 3.8) is 0 Å². The third-order valence-corrected chi connectivity index (χ3v) is 4.28. The maximum absolute atomic E-state index is 14.4. The Labute approximate surface area is 122 Å². The smallest absolute Gasteiger partial charge is 0.155 e. The minimum atomic E-state index is -0.191. The average molecular weight is 281 g/mol. The van der Waals surface area contributed by atoms with Gasteiger partial charge in [-0.05, 0) is 43.4 Å². The molecule has 2 aliphatic rings. The van der Waals surface area contributed by atoms with Crippen molar-refractivity contribution in [3.05, 3.63) is 58.8 Å². The van der Waals surface area contributed by atoms with E-state index in [4.69, 9.17) is 0 Å². The van der Waals surface area contributed by atoms with Gasteiger partial charge in [-0.2, -0.15) is 5.10 Å². The zero-order valence-electron chi connectivity index (χ0n) is 12.1. The highest BCUT2D eigenvalue weighted by Gasteiger charge is 2.28. The van der Waals surface area contributed by atoms with E-state index < -0.39 is 0 Å². The van der Waals surface area contributed by atoms with Gasteiger partial charge in [0.05, 0.1) is 5.69 Å². The van der Waals surface area contributed by atoms with Crippen LogP contribution in [0.15, 0.2) is 47.5 Å². The maximum Gasteiger partial charge on any atom is 0.155 e. The molecule has 1 fully saturated rings.